The molecular weight excluding hydrogens is 365 g/mol. The van der Waals surface area contributed by atoms with Gasteiger partial charge in [-0.25, -0.2) is 4.39 Å². The molecule has 28 heavy (non-hydrogen) atoms. The summed E-state index contributed by atoms with van der Waals surface area (Å²) in [6.07, 6.45) is -0.249. The molecule has 1 aliphatic carbocycles. The van der Waals surface area contributed by atoms with Gasteiger partial charge in [0.05, 0.1) is 17.8 Å². The van der Waals surface area contributed by atoms with Crippen LogP contribution in [0.25, 0.3) is 0 Å². The second kappa shape index (κ2) is 8.10. The number of amides is 2. The summed E-state index contributed by atoms with van der Waals surface area (Å²) in [4.78, 5) is 24.9. The number of carbonyl (C=O) groups excluding carboxylic acids is 2. The smallest absolute Gasteiger partial charge is 0.257 e. The van der Waals surface area contributed by atoms with Crippen molar-refractivity contribution in [3.63, 3.8) is 0 Å². The molecule has 0 saturated heterocycles. The van der Waals surface area contributed by atoms with Crippen molar-refractivity contribution < 1.29 is 23.6 Å². The Bertz CT molecular complexity index is 876. The molecule has 1 fully saturated rings. The van der Waals surface area contributed by atoms with Crippen molar-refractivity contribution in [2.45, 2.75) is 52.3 Å². The maximum atomic E-state index is 13.4. The van der Waals surface area contributed by atoms with Gasteiger partial charge in [0, 0.05) is 12.5 Å². The maximum absolute atomic E-state index is 13.4. The zero-order chi connectivity index (χ0) is 20.4. The Labute approximate surface area is 162 Å². The maximum Gasteiger partial charge on any atom is 0.257 e. The predicted octanol–water partition coefficient (Wildman–Crippen LogP) is 1.92. The molecule has 2 amide bonds. The number of nitrogens with one attached hydrogen (secondary N) is 2. The molecule has 1 saturated carbocycles. The van der Waals surface area contributed by atoms with Gasteiger partial charge in [-0.1, -0.05) is 11.2 Å². The van der Waals surface area contributed by atoms with E-state index in [0.29, 0.717) is 29.0 Å². The molecule has 2 aromatic rings. The molecule has 3 N–H and O–H groups in total. The highest BCUT2D eigenvalue weighted by Gasteiger charge is 2.38. The first kappa shape index (κ1) is 20.0. The third-order valence-electron chi connectivity index (χ3n) is 5.24. The first-order chi connectivity index (χ1) is 13.3. The van der Waals surface area contributed by atoms with E-state index in [-0.39, 0.29) is 30.6 Å². The SMILES string of the molecule is Cc1ccc(F)cc1CNC(=O)[C@H]1C[C@H](NC(=O)c2c(C)noc2C)[C@@H](O)C1. The zero-order valence-electron chi connectivity index (χ0n) is 16.1. The summed E-state index contributed by atoms with van der Waals surface area (Å²) in [6.45, 7) is 5.37. The number of rotatable bonds is 5. The van der Waals surface area contributed by atoms with Crippen LogP contribution < -0.4 is 10.6 Å². The quantitative estimate of drug-likeness (QED) is 0.725. The van der Waals surface area contributed by atoms with E-state index in [0.717, 1.165) is 5.56 Å². The standard InChI is InChI=1S/C20H24FN3O4/c1-10-4-5-15(21)6-14(10)9-22-19(26)13-7-16(17(25)8-13)23-20(27)18-11(2)24-28-12(18)3/h4-6,13,16-17,25H,7-9H2,1-3H3,(H,22,26)(H,23,27)/t13-,16-,17-/m0/s1. The number of nitrogens with zero attached hydrogens (tertiary/aromatic N) is 1. The first-order valence-corrected chi connectivity index (χ1v) is 9.20. The Hall–Kier alpha value is -2.74. The van der Waals surface area contributed by atoms with E-state index >= 15 is 0 Å². The third kappa shape index (κ3) is 4.22. The number of halogens is 1. The summed E-state index contributed by atoms with van der Waals surface area (Å²) in [5, 5.41) is 19.6. The van der Waals surface area contributed by atoms with Gasteiger partial charge in [0.15, 0.2) is 0 Å². The molecule has 0 spiro atoms. The summed E-state index contributed by atoms with van der Waals surface area (Å²) >= 11 is 0. The summed E-state index contributed by atoms with van der Waals surface area (Å²) in [7, 11) is 0. The second-order valence-corrected chi connectivity index (χ2v) is 7.30. The highest BCUT2D eigenvalue weighted by atomic mass is 19.1. The van der Waals surface area contributed by atoms with Crippen molar-refractivity contribution in [2.24, 2.45) is 5.92 Å². The fourth-order valence-corrected chi connectivity index (χ4v) is 3.59. The molecule has 0 aliphatic heterocycles. The number of benzene rings is 1. The number of aliphatic hydroxyl groups is 1. The average molecular weight is 389 g/mol. The number of hydrogen-bond acceptors (Lipinski definition) is 5. The van der Waals surface area contributed by atoms with Gasteiger partial charge < -0.3 is 20.3 Å². The fraction of sp³-hybridized carbons (Fsp3) is 0.450. The van der Waals surface area contributed by atoms with Crippen LogP contribution in [-0.2, 0) is 11.3 Å². The lowest BCUT2D eigenvalue weighted by Crippen LogP contribution is -2.40. The zero-order valence-corrected chi connectivity index (χ0v) is 16.1. The topological polar surface area (TPSA) is 104 Å². The van der Waals surface area contributed by atoms with Crippen LogP contribution in [-0.4, -0.2) is 34.2 Å². The highest BCUT2D eigenvalue weighted by molar-refractivity contribution is 5.96. The van der Waals surface area contributed by atoms with E-state index in [1.165, 1.54) is 12.1 Å². The molecule has 0 radical (unpaired) electrons. The van der Waals surface area contributed by atoms with Gasteiger partial charge in [0.2, 0.25) is 5.91 Å². The van der Waals surface area contributed by atoms with Crippen LogP contribution in [0.1, 0.15) is 45.8 Å². The molecule has 150 valence electrons. The van der Waals surface area contributed by atoms with E-state index in [2.05, 4.69) is 15.8 Å². The van der Waals surface area contributed by atoms with Gasteiger partial charge >= 0.3 is 0 Å². The lowest BCUT2D eigenvalue weighted by molar-refractivity contribution is -0.125. The molecule has 7 nitrogen and oxygen atoms in total. The van der Waals surface area contributed by atoms with Crippen molar-refractivity contribution in [3.8, 4) is 0 Å². The normalized spacial score (nSPS) is 21.5. The van der Waals surface area contributed by atoms with Gasteiger partial charge in [-0.3, -0.25) is 9.59 Å². The fourth-order valence-electron chi connectivity index (χ4n) is 3.59. The predicted molar refractivity (Wildman–Crippen MR) is 98.9 cm³/mol. The molecular formula is C20H24FN3O4. The third-order valence-corrected chi connectivity index (χ3v) is 5.24. The molecule has 0 bridgehead atoms. The molecule has 3 atom stereocenters. The van der Waals surface area contributed by atoms with Crippen LogP contribution in [0.3, 0.4) is 0 Å². The van der Waals surface area contributed by atoms with E-state index < -0.39 is 18.1 Å². The minimum Gasteiger partial charge on any atom is -0.391 e. The van der Waals surface area contributed by atoms with E-state index in [9.17, 15) is 19.1 Å². The minimum atomic E-state index is -0.823. The lowest BCUT2D eigenvalue weighted by Gasteiger charge is -2.16. The number of carbonyl (C=O) groups is 2. The van der Waals surface area contributed by atoms with Crippen molar-refractivity contribution in [2.75, 3.05) is 0 Å². The Morgan fingerprint density at radius 3 is 2.71 bits per heavy atom. The van der Waals surface area contributed by atoms with Crippen LogP contribution in [0.4, 0.5) is 4.39 Å². The van der Waals surface area contributed by atoms with Crippen molar-refractivity contribution in [3.05, 3.63) is 52.2 Å². The van der Waals surface area contributed by atoms with Gasteiger partial charge in [-0.15, -0.1) is 0 Å². The number of hydrogen-bond donors (Lipinski definition) is 3. The van der Waals surface area contributed by atoms with Crippen LogP contribution >= 0.6 is 0 Å². The van der Waals surface area contributed by atoms with Crippen molar-refractivity contribution in [1.29, 1.82) is 0 Å². The average Bonchev–Trinajstić information content (AvgIpc) is 3.17. The largest absolute Gasteiger partial charge is 0.391 e. The van der Waals surface area contributed by atoms with Crippen molar-refractivity contribution in [1.82, 2.24) is 15.8 Å². The lowest BCUT2D eigenvalue weighted by atomic mass is 10.1. The van der Waals surface area contributed by atoms with Crippen LogP contribution in [0.2, 0.25) is 0 Å². The van der Waals surface area contributed by atoms with Crippen molar-refractivity contribution >= 4 is 11.8 Å². The van der Waals surface area contributed by atoms with E-state index in [1.807, 2.05) is 6.92 Å². The van der Waals surface area contributed by atoms with Crippen LogP contribution in [0.5, 0.6) is 0 Å². The summed E-state index contributed by atoms with van der Waals surface area (Å²) < 4.78 is 18.4. The Morgan fingerprint density at radius 2 is 2.04 bits per heavy atom. The Kier molecular flexibility index (Phi) is 5.79. The molecule has 0 unspecified atom stereocenters. The number of aliphatic hydroxyl groups excluding tert-OH is 1. The summed E-state index contributed by atoms with van der Waals surface area (Å²) in [6, 6.07) is 3.90. The molecule has 1 aromatic carbocycles. The highest BCUT2D eigenvalue weighted by Crippen LogP contribution is 2.27. The van der Waals surface area contributed by atoms with E-state index in [1.54, 1.807) is 19.9 Å². The van der Waals surface area contributed by atoms with Gasteiger partial charge in [0.25, 0.3) is 5.91 Å². The van der Waals surface area contributed by atoms with E-state index in [4.69, 9.17) is 4.52 Å². The minimum absolute atomic E-state index is 0.213. The van der Waals surface area contributed by atoms with Gasteiger partial charge in [-0.2, -0.15) is 0 Å². The molecule has 1 aromatic heterocycles. The van der Waals surface area contributed by atoms with Gasteiger partial charge in [-0.05, 0) is 56.9 Å². The Morgan fingerprint density at radius 1 is 1.29 bits per heavy atom. The first-order valence-electron chi connectivity index (χ1n) is 9.20. The number of aromatic nitrogens is 1. The van der Waals surface area contributed by atoms with Crippen LogP contribution in [0.15, 0.2) is 22.7 Å². The number of aryl methyl sites for hydroxylation is 3. The van der Waals surface area contributed by atoms with Gasteiger partial charge in [0.1, 0.15) is 17.1 Å². The molecule has 1 heterocycles. The monoisotopic (exact) mass is 389 g/mol. The van der Waals surface area contributed by atoms with Crippen LogP contribution in [0, 0.1) is 32.5 Å². The summed E-state index contributed by atoms with van der Waals surface area (Å²) in [5.74, 6) is -0.983. The molecule has 3 rings (SSSR count). The summed E-state index contributed by atoms with van der Waals surface area (Å²) in [5.41, 5.74) is 2.41. The second-order valence-electron chi connectivity index (χ2n) is 7.30. The molecule has 8 heteroatoms. The molecule has 1 aliphatic rings. The Balaban J connectivity index is 1.57.